The first-order chi connectivity index (χ1) is 15.0. The first-order valence-corrected chi connectivity index (χ1v) is 10.4. The van der Waals surface area contributed by atoms with Gasteiger partial charge in [0.05, 0.1) is 29.4 Å². The van der Waals surface area contributed by atoms with Crippen LogP contribution in [0.5, 0.6) is 0 Å². The van der Waals surface area contributed by atoms with E-state index in [1.165, 1.54) is 4.90 Å². The summed E-state index contributed by atoms with van der Waals surface area (Å²) in [4.78, 5) is 29.1. The summed E-state index contributed by atoms with van der Waals surface area (Å²) < 4.78 is 7.61. The maximum atomic E-state index is 12.6. The van der Waals surface area contributed by atoms with Crippen LogP contribution in [0.15, 0.2) is 42.9 Å². The Morgan fingerprint density at radius 2 is 2.16 bits per heavy atom. The minimum atomic E-state index is -1.00. The molecule has 3 heterocycles. The van der Waals surface area contributed by atoms with Crippen LogP contribution in [0.25, 0.3) is 11.0 Å². The van der Waals surface area contributed by atoms with Crippen molar-refractivity contribution in [1.82, 2.24) is 24.4 Å². The summed E-state index contributed by atoms with van der Waals surface area (Å²) in [6.07, 6.45) is 6.40. The Bertz CT molecular complexity index is 1040. The standard InChI is InChI=1S/C22H28N6O3/c1-26(15-22(30)8-5-11-28(16-22)19-12-23-9-10-24-19)21(29)14-31-13-20-25-17-6-3-4-7-18(17)27(20)2/h3-4,6-7,9-10,12,30H,5,8,11,13-16H2,1-2H3. The zero-order valence-corrected chi connectivity index (χ0v) is 17.9. The molecule has 9 heteroatoms. The highest BCUT2D eigenvalue weighted by Crippen LogP contribution is 2.25. The lowest BCUT2D eigenvalue weighted by Gasteiger charge is -2.41. The van der Waals surface area contributed by atoms with E-state index in [2.05, 4.69) is 15.0 Å². The van der Waals surface area contributed by atoms with Crippen molar-refractivity contribution in [1.29, 1.82) is 0 Å². The molecule has 1 aliphatic heterocycles. The molecule has 9 nitrogen and oxygen atoms in total. The highest BCUT2D eigenvalue weighted by Gasteiger charge is 2.36. The number of rotatable bonds is 7. The fraction of sp³-hybridized carbons (Fsp3) is 0.455. The number of aryl methyl sites for hydroxylation is 1. The van der Waals surface area contributed by atoms with Gasteiger partial charge in [0.15, 0.2) is 0 Å². The van der Waals surface area contributed by atoms with Crippen molar-refractivity contribution in [2.45, 2.75) is 25.0 Å². The monoisotopic (exact) mass is 424 g/mol. The van der Waals surface area contributed by atoms with Gasteiger partial charge in [-0.15, -0.1) is 0 Å². The maximum Gasteiger partial charge on any atom is 0.248 e. The first-order valence-electron chi connectivity index (χ1n) is 10.4. The van der Waals surface area contributed by atoms with E-state index < -0.39 is 5.60 Å². The van der Waals surface area contributed by atoms with Crippen LogP contribution in [0, 0.1) is 0 Å². The van der Waals surface area contributed by atoms with Crippen LogP contribution in [-0.2, 0) is 23.2 Å². The van der Waals surface area contributed by atoms with E-state index in [0.717, 1.165) is 35.6 Å². The van der Waals surface area contributed by atoms with E-state index in [-0.39, 0.29) is 25.7 Å². The van der Waals surface area contributed by atoms with E-state index in [0.29, 0.717) is 13.0 Å². The fourth-order valence-electron chi connectivity index (χ4n) is 4.09. The van der Waals surface area contributed by atoms with Crippen LogP contribution in [0.4, 0.5) is 5.82 Å². The molecule has 1 fully saturated rings. The molecule has 1 saturated heterocycles. The molecule has 31 heavy (non-hydrogen) atoms. The highest BCUT2D eigenvalue weighted by atomic mass is 16.5. The number of ether oxygens (including phenoxy) is 1. The third kappa shape index (κ3) is 4.83. The summed E-state index contributed by atoms with van der Waals surface area (Å²) in [5.41, 5.74) is 0.924. The zero-order valence-electron chi connectivity index (χ0n) is 17.9. The molecule has 0 bridgehead atoms. The van der Waals surface area contributed by atoms with Gasteiger partial charge >= 0.3 is 0 Å². The van der Waals surface area contributed by atoms with Crippen LogP contribution >= 0.6 is 0 Å². The van der Waals surface area contributed by atoms with Crippen molar-refractivity contribution in [3.05, 3.63) is 48.7 Å². The Balaban J connectivity index is 1.30. The molecule has 3 aromatic rings. The molecule has 0 aliphatic carbocycles. The average molecular weight is 425 g/mol. The molecular formula is C22H28N6O3. The minimum Gasteiger partial charge on any atom is -0.386 e. The Labute approximate surface area is 181 Å². The average Bonchev–Trinajstić information content (AvgIpc) is 3.10. The number of fused-ring (bicyclic) bond motifs is 1. The normalized spacial score (nSPS) is 19.0. The van der Waals surface area contributed by atoms with Crippen LogP contribution in [0.2, 0.25) is 0 Å². The molecule has 1 N–H and O–H groups in total. The Morgan fingerprint density at radius 3 is 2.94 bits per heavy atom. The van der Waals surface area contributed by atoms with E-state index in [1.807, 2.05) is 40.8 Å². The number of hydrogen-bond donors (Lipinski definition) is 1. The van der Waals surface area contributed by atoms with E-state index >= 15 is 0 Å². The zero-order chi connectivity index (χ0) is 21.8. The number of amides is 1. The van der Waals surface area contributed by atoms with Crippen molar-refractivity contribution in [3.8, 4) is 0 Å². The van der Waals surface area contributed by atoms with Crippen molar-refractivity contribution in [2.75, 3.05) is 38.2 Å². The number of aliphatic hydroxyl groups is 1. The number of carbonyl (C=O) groups is 1. The summed E-state index contributed by atoms with van der Waals surface area (Å²) in [6.45, 7) is 1.63. The van der Waals surface area contributed by atoms with Gasteiger partial charge in [-0.05, 0) is 25.0 Å². The second-order valence-corrected chi connectivity index (χ2v) is 8.13. The smallest absolute Gasteiger partial charge is 0.248 e. The van der Waals surface area contributed by atoms with Crippen LogP contribution in [-0.4, -0.2) is 74.3 Å². The number of piperidine rings is 1. The molecule has 4 rings (SSSR count). The number of imidazole rings is 1. The second-order valence-electron chi connectivity index (χ2n) is 8.13. The summed E-state index contributed by atoms with van der Waals surface area (Å²) in [7, 11) is 3.63. The van der Waals surface area contributed by atoms with Gasteiger partial charge < -0.3 is 24.2 Å². The third-order valence-corrected chi connectivity index (χ3v) is 5.72. The molecule has 1 unspecified atom stereocenters. The third-order valence-electron chi connectivity index (χ3n) is 5.72. The predicted molar refractivity (Wildman–Crippen MR) is 116 cm³/mol. The van der Waals surface area contributed by atoms with Gasteiger partial charge in [-0.3, -0.25) is 9.78 Å². The number of anilines is 1. The lowest BCUT2D eigenvalue weighted by Crippen LogP contribution is -2.55. The summed E-state index contributed by atoms with van der Waals surface area (Å²) in [5, 5.41) is 11.1. The molecule has 1 aromatic carbocycles. The summed E-state index contributed by atoms with van der Waals surface area (Å²) in [5.74, 6) is 1.33. The largest absolute Gasteiger partial charge is 0.386 e. The number of likely N-dealkylation sites (N-methyl/N-ethyl adjacent to an activating group) is 1. The van der Waals surface area contributed by atoms with Gasteiger partial charge in [0.2, 0.25) is 5.91 Å². The van der Waals surface area contributed by atoms with Crippen molar-refractivity contribution in [3.63, 3.8) is 0 Å². The van der Waals surface area contributed by atoms with Crippen LogP contribution in [0.1, 0.15) is 18.7 Å². The van der Waals surface area contributed by atoms with Gasteiger partial charge in [-0.1, -0.05) is 12.1 Å². The van der Waals surface area contributed by atoms with Crippen molar-refractivity contribution >= 4 is 22.8 Å². The van der Waals surface area contributed by atoms with Gasteiger partial charge in [0.25, 0.3) is 0 Å². The molecule has 0 saturated carbocycles. The van der Waals surface area contributed by atoms with E-state index in [1.54, 1.807) is 25.6 Å². The molecule has 0 spiro atoms. The molecule has 2 aromatic heterocycles. The number of benzene rings is 1. The minimum absolute atomic E-state index is 0.0658. The number of carbonyl (C=O) groups excluding carboxylic acids is 1. The number of para-hydroxylation sites is 2. The van der Waals surface area contributed by atoms with E-state index in [9.17, 15) is 9.90 Å². The summed E-state index contributed by atoms with van der Waals surface area (Å²) >= 11 is 0. The molecular weight excluding hydrogens is 396 g/mol. The molecule has 1 aliphatic rings. The van der Waals surface area contributed by atoms with Crippen LogP contribution in [0.3, 0.4) is 0 Å². The lowest BCUT2D eigenvalue weighted by atomic mass is 9.92. The highest BCUT2D eigenvalue weighted by molar-refractivity contribution is 5.77. The summed E-state index contributed by atoms with van der Waals surface area (Å²) in [6, 6.07) is 7.86. The maximum absolute atomic E-state index is 12.6. The molecule has 0 radical (unpaired) electrons. The lowest BCUT2D eigenvalue weighted by molar-refractivity contribution is -0.138. The van der Waals surface area contributed by atoms with E-state index in [4.69, 9.17) is 4.74 Å². The topological polar surface area (TPSA) is 96.6 Å². The quantitative estimate of drug-likeness (QED) is 0.612. The van der Waals surface area contributed by atoms with Gasteiger partial charge in [-0.2, -0.15) is 0 Å². The SMILES string of the molecule is CN(CC1(O)CCCN(c2cnccn2)C1)C(=O)COCc1nc2ccccc2n1C. The van der Waals surface area contributed by atoms with Gasteiger partial charge in [0.1, 0.15) is 24.9 Å². The molecule has 164 valence electrons. The predicted octanol–water partition coefficient (Wildman–Crippen LogP) is 1.37. The van der Waals surface area contributed by atoms with Gasteiger partial charge in [-0.25, -0.2) is 9.97 Å². The number of nitrogens with zero attached hydrogens (tertiary/aromatic N) is 6. The number of β-amino-alcohol motifs (C(OH)–C–C–N with tert-alkyl or cyclic N) is 1. The number of aromatic nitrogens is 4. The van der Waals surface area contributed by atoms with Gasteiger partial charge in [0, 0.05) is 39.6 Å². The molecule has 1 amide bonds. The fourth-order valence-corrected chi connectivity index (χ4v) is 4.09. The molecule has 1 atom stereocenters. The second kappa shape index (κ2) is 8.99. The number of hydrogen-bond acceptors (Lipinski definition) is 7. The Kier molecular flexibility index (Phi) is 6.15. The first kappa shape index (κ1) is 21.2. The van der Waals surface area contributed by atoms with Crippen LogP contribution < -0.4 is 4.90 Å². The van der Waals surface area contributed by atoms with Crippen molar-refractivity contribution < 1.29 is 14.6 Å². The Morgan fingerprint density at radius 1 is 1.32 bits per heavy atom. The Hall–Kier alpha value is -3.04. The van der Waals surface area contributed by atoms with Crippen molar-refractivity contribution in [2.24, 2.45) is 7.05 Å².